The number of para-hydroxylation sites is 1. The number of aryl methyl sites for hydroxylation is 2. The van der Waals surface area contributed by atoms with Gasteiger partial charge in [0, 0.05) is 10.7 Å². The maximum Gasteiger partial charge on any atom is 0.258 e. The fourth-order valence-corrected chi connectivity index (χ4v) is 5.13. The Morgan fingerprint density at radius 1 is 1.06 bits per heavy atom. The van der Waals surface area contributed by atoms with Crippen molar-refractivity contribution >= 4 is 40.7 Å². The Morgan fingerprint density at radius 2 is 1.68 bits per heavy atom. The minimum atomic E-state index is -0.999. The van der Waals surface area contributed by atoms with Crippen molar-refractivity contribution in [3.8, 4) is 5.75 Å². The van der Waals surface area contributed by atoms with Crippen LogP contribution in [0.15, 0.2) is 36.4 Å². The zero-order chi connectivity index (χ0) is 25.1. The van der Waals surface area contributed by atoms with Crippen LogP contribution in [0, 0.1) is 25.2 Å². The first-order chi connectivity index (χ1) is 15.9. The van der Waals surface area contributed by atoms with Gasteiger partial charge in [0.1, 0.15) is 11.3 Å². The summed E-state index contributed by atoms with van der Waals surface area (Å²) in [6.07, 6.45) is 2.85. The Labute approximate surface area is 212 Å². The third kappa shape index (κ3) is 6.25. The molecular formula is C27H34Cl2N2O3. The van der Waals surface area contributed by atoms with E-state index in [-0.39, 0.29) is 23.8 Å². The van der Waals surface area contributed by atoms with Gasteiger partial charge in [0.2, 0.25) is 5.91 Å². The molecule has 0 heterocycles. The molecule has 1 fully saturated rings. The van der Waals surface area contributed by atoms with Crippen molar-refractivity contribution in [1.29, 1.82) is 0 Å². The summed E-state index contributed by atoms with van der Waals surface area (Å²) < 4.78 is 5.62. The molecule has 7 heteroatoms. The molecule has 2 amide bonds. The highest BCUT2D eigenvalue weighted by Crippen LogP contribution is 2.42. The van der Waals surface area contributed by atoms with Crippen molar-refractivity contribution in [2.75, 3.05) is 11.9 Å². The van der Waals surface area contributed by atoms with Gasteiger partial charge in [-0.2, -0.15) is 0 Å². The second-order valence-corrected chi connectivity index (χ2v) is 11.2. The summed E-state index contributed by atoms with van der Waals surface area (Å²) in [6.45, 7) is 10.4. The average Bonchev–Trinajstić information content (AvgIpc) is 2.75. The van der Waals surface area contributed by atoms with Gasteiger partial charge in [-0.15, -0.1) is 0 Å². The summed E-state index contributed by atoms with van der Waals surface area (Å²) in [4.78, 5) is 26.6. The van der Waals surface area contributed by atoms with Crippen LogP contribution in [0.4, 0.5) is 5.69 Å². The van der Waals surface area contributed by atoms with Crippen molar-refractivity contribution in [2.24, 2.45) is 11.3 Å². The molecule has 0 saturated heterocycles. The molecule has 0 atom stereocenters. The molecule has 34 heavy (non-hydrogen) atoms. The van der Waals surface area contributed by atoms with Gasteiger partial charge in [-0.25, -0.2) is 0 Å². The quantitative estimate of drug-likeness (QED) is 0.458. The molecule has 0 aromatic heterocycles. The number of carbonyl (C=O) groups is 2. The molecule has 1 aliphatic carbocycles. The third-order valence-corrected chi connectivity index (χ3v) is 7.38. The van der Waals surface area contributed by atoms with E-state index in [0.29, 0.717) is 34.6 Å². The largest absolute Gasteiger partial charge is 0.482 e. The van der Waals surface area contributed by atoms with Gasteiger partial charge in [-0.3, -0.25) is 9.59 Å². The third-order valence-electron chi connectivity index (χ3n) is 6.85. The number of amides is 2. The van der Waals surface area contributed by atoms with Crippen LogP contribution in [0.1, 0.15) is 57.6 Å². The summed E-state index contributed by atoms with van der Waals surface area (Å²) in [5, 5.41) is 6.94. The first-order valence-electron chi connectivity index (χ1n) is 11.7. The van der Waals surface area contributed by atoms with E-state index < -0.39 is 5.54 Å². The first-order valence-corrected chi connectivity index (χ1v) is 12.4. The zero-order valence-corrected chi connectivity index (χ0v) is 22.1. The molecule has 0 bridgehead atoms. The van der Waals surface area contributed by atoms with Crippen molar-refractivity contribution in [3.05, 3.63) is 57.6 Å². The van der Waals surface area contributed by atoms with Crippen LogP contribution in [0.2, 0.25) is 10.0 Å². The number of hydrogen-bond acceptors (Lipinski definition) is 3. The Bertz CT molecular complexity index is 1030. The van der Waals surface area contributed by atoms with Gasteiger partial charge in [0.05, 0.1) is 5.02 Å². The molecule has 2 N–H and O–H groups in total. The van der Waals surface area contributed by atoms with E-state index in [9.17, 15) is 9.59 Å². The lowest BCUT2D eigenvalue weighted by Gasteiger charge is -2.43. The molecule has 1 aliphatic rings. The highest BCUT2D eigenvalue weighted by Gasteiger charge is 2.45. The Kier molecular flexibility index (Phi) is 8.20. The molecule has 1 saturated carbocycles. The number of anilines is 1. The summed E-state index contributed by atoms with van der Waals surface area (Å²) in [5.41, 5.74) is 1.91. The maximum absolute atomic E-state index is 13.6. The standard InChI is InChI=1S/C27H34Cl2N2O3/c1-17-7-6-8-18(2)24(17)30-25(33)27(13-11-19(12-14-27)26(3,4)5)31-23(32)16-34-22-10-9-20(28)15-21(22)29/h6-10,15,19H,11-14,16H2,1-5H3,(H,30,33)(H,31,32). The van der Waals surface area contributed by atoms with Crippen LogP contribution in [-0.2, 0) is 9.59 Å². The number of rotatable bonds is 6. The molecule has 5 nitrogen and oxygen atoms in total. The molecule has 2 aromatic carbocycles. The van der Waals surface area contributed by atoms with Crippen molar-refractivity contribution in [2.45, 2.75) is 65.8 Å². The molecule has 2 aromatic rings. The topological polar surface area (TPSA) is 67.4 Å². The highest BCUT2D eigenvalue weighted by molar-refractivity contribution is 6.35. The number of ether oxygens (including phenoxy) is 1. The Balaban J connectivity index is 1.77. The Hall–Kier alpha value is -2.24. The van der Waals surface area contributed by atoms with Crippen LogP contribution < -0.4 is 15.4 Å². The molecule has 0 aliphatic heterocycles. The van der Waals surface area contributed by atoms with Gasteiger partial charge >= 0.3 is 0 Å². The van der Waals surface area contributed by atoms with Crippen molar-refractivity contribution in [1.82, 2.24) is 5.32 Å². The number of benzene rings is 2. The van der Waals surface area contributed by atoms with Crippen molar-refractivity contribution in [3.63, 3.8) is 0 Å². The van der Waals surface area contributed by atoms with Crippen molar-refractivity contribution < 1.29 is 14.3 Å². The maximum atomic E-state index is 13.6. The van der Waals surface area contributed by atoms with Crippen LogP contribution in [0.3, 0.4) is 0 Å². The zero-order valence-electron chi connectivity index (χ0n) is 20.6. The summed E-state index contributed by atoms with van der Waals surface area (Å²) >= 11 is 12.1. The van der Waals surface area contributed by atoms with Crippen LogP contribution in [-0.4, -0.2) is 24.0 Å². The second-order valence-electron chi connectivity index (χ2n) is 10.4. The fraction of sp³-hybridized carbons (Fsp3) is 0.481. The lowest BCUT2D eigenvalue weighted by atomic mass is 9.67. The van der Waals surface area contributed by atoms with Crippen LogP contribution in [0.5, 0.6) is 5.75 Å². The monoisotopic (exact) mass is 504 g/mol. The van der Waals surface area contributed by atoms with Crippen LogP contribution in [0.25, 0.3) is 0 Å². The van der Waals surface area contributed by atoms with E-state index in [4.69, 9.17) is 27.9 Å². The van der Waals surface area contributed by atoms with E-state index >= 15 is 0 Å². The van der Waals surface area contributed by atoms with Gasteiger partial charge in [0.15, 0.2) is 6.61 Å². The van der Waals surface area contributed by atoms with Gasteiger partial charge in [-0.05, 0) is 80.2 Å². The highest BCUT2D eigenvalue weighted by atomic mass is 35.5. The fourth-order valence-electron chi connectivity index (χ4n) is 4.67. The van der Waals surface area contributed by atoms with Gasteiger partial charge in [-0.1, -0.05) is 62.2 Å². The summed E-state index contributed by atoms with van der Waals surface area (Å²) in [5.74, 6) is 0.299. The average molecular weight is 505 g/mol. The molecule has 0 radical (unpaired) electrons. The second kappa shape index (κ2) is 10.6. The minimum Gasteiger partial charge on any atom is -0.482 e. The SMILES string of the molecule is Cc1cccc(C)c1NC(=O)C1(NC(=O)COc2ccc(Cl)cc2Cl)CCC(C(C)(C)C)CC1. The Morgan fingerprint density at radius 3 is 2.24 bits per heavy atom. The molecule has 3 rings (SSSR count). The molecule has 184 valence electrons. The predicted octanol–water partition coefficient (Wildman–Crippen LogP) is 6.72. The molecule has 0 spiro atoms. The number of hydrogen-bond donors (Lipinski definition) is 2. The normalized spacial score (nSPS) is 20.5. The lowest BCUT2D eigenvalue weighted by molar-refractivity contribution is -0.133. The number of halogens is 2. The number of nitrogens with one attached hydrogen (secondary N) is 2. The van der Waals surface area contributed by atoms with E-state index in [1.807, 2.05) is 32.0 Å². The van der Waals surface area contributed by atoms with E-state index in [1.165, 1.54) is 0 Å². The van der Waals surface area contributed by atoms with E-state index in [1.54, 1.807) is 18.2 Å². The van der Waals surface area contributed by atoms with Gasteiger partial charge < -0.3 is 15.4 Å². The van der Waals surface area contributed by atoms with Gasteiger partial charge in [0.25, 0.3) is 5.91 Å². The smallest absolute Gasteiger partial charge is 0.258 e. The molecular weight excluding hydrogens is 471 g/mol. The van der Waals surface area contributed by atoms with E-state index in [0.717, 1.165) is 29.7 Å². The number of carbonyl (C=O) groups excluding carboxylic acids is 2. The predicted molar refractivity (Wildman–Crippen MR) is 139 cm³/mol. The lowest BCUT2D eigenvalue weighted by Crippen LogP contribution is -2.59. The summed E-state index contributed by atoms with van der Waals surface area (Å²) in [6, 6.07) is 10.7. The van der Waals surface area contributed by atoms with Crippen LogP contribution >= 0.6 is 23.2 Å². The van der Waals surface area contributed by atoms with E-state index in [2.05, 4.69) is 31.4 Å². The summed E-state index contributed by atoms with van der Waals surface area (Å²) in [7, 11) is 0. The molecule has 0 unspecified atom stereocenters. The first kappa shape index (κ1) is 26.4. The minimum absolute atomic E-state index is 0.147.